The van der Waals surface area contributed by atoms with Crippen molar-refractivity contribution in [3.63, 3.8) is 0 Å². The smallest absolute Gasteiger partial charge is 0.191 e. The maximum absolute atomic E-state index is 13.6. The second-order valence-corrected chi connectivity index (χ2v) is 6.13. The molecule has 0 saturated heterocycles. The first kappa shape index (κ1) is 21.2. The SMILES string of the molecule is CCCC(CCO)CN=C(NCC)NCC(C)Oc1ccccc1F. The van der Waals surface area contributed by atoms with E-state index in [1.54, 1.807) is 18.2 Å². The topological polar surface area (TPSA) is 65.9 Å². The normalized spacial score (nSPS) is 14.0. The van der Waals surface area contributed by atoms with E-state index in [9.17, 15) is 4.39 Å². The van der Waals surface area contributed by atoms with Crippen molar-refractivity contribution in [2.75, 3.05) is 26.2 Å². The summed E-state index contributed by atoms with van der Waals surface area (Å²) in [5, 5.41) is 15.6. The van der Waals surface area contributed by atoms with Gasteiger partial charge in [-0.2, -0.15) is 0 Å². The van der Waals surface area contributed by atoms with Crippen LogP contribution in [0.2, 0.25) is 0 Å². The van der Waals surface area contributed by atoms with Gasteiger partial charge in [0.2, 0.25) is 0 Å². The summed E-state index contributed by atoms with van der Waals surface area (Å²) in [5.41, 5.74) is 0. The van der Waals surface area contributed by atoms with Crippen LogP contribution in [0.1, 0.15) is 40.0 Å². The zero-order valence-electron chi connectivity index (χ0n) is 15.6. The fourth-order valence-electron chi connectivity index (χ4n) is 2.52. The van der Waals surface area contributed by atoms with E-state index in [2.05, 4.69) is 22.5 Å². The number of ether oxygens (including phenoxy) is 1. The Kier molecular flexibility index (Phi) is 10.6. The van der Waals surface area contributed by atoms with Crippen molar-refractivity contribution in [3.8, 4) is 5.75 Å². The molecule has 142 valence electrons. The summed E-state index contributed by atoms with van der Waals surface area (Å²) in [4.78, 5) is 4.60. The first-order chi connectivity index (χ1) is 12.1. The highest BCUT2D eigenvalue weighted by molar-refractivity contribution is 5.79. The molecule has 0 aromatic heterocycles. The van der Waals surface area contributed by atoms with Gasteiger partial charge in [0.1, 0.15) is 6.10 Å². The Morgan fingerprint density at radius 3 is 2.64 bits per heavy atom. The van der Waals surface area contributed by atoms with Gasteiger partial charge in [-0.3, -0.25) is 4.99 Å². The summed E-state index contributed by atoms with van der Waals surface area (Å²) in [5.74, 6) is 0.995. The Hall–Kier alpha value is -1.82. The molecular formula is C19H32FN3O2. The predicted octanol–water partition coefficient (Wildman–Crippen LogP) is 2.95. The van der Waals surface area contributed by atoms with E-state index in [0.29, 0.717) is 25.0 Å². The lowest BCUT2D eigenvalue weighted by Gasteiger charge is -2.19. The molecule has 0 amide bonds. The predicted molar refractivity (Wildman–Crippen MR) is 101 cm³/mol. The van der Waals surface area contributed by atoms with Crippen LogP contribution in [0.25, 0.3) is 0 Å². The molecule has 6 heteroatoms. The number of nitrogens with one attached hydrogen (secondary N) is 2. The molecule has 2 atom stereocenters. The zero-order chi connectivity index (χ0) is 18.5. The largest absolute Gasteiger partial charge is 0.486 e. The molecule has 0 aliphatic rings. The molecule has 0 spiro atoms. The van der Waals surface area contributed by atoms with Crippen molar-refractivity contribution in [3.05, 3.63) is 30.1 Å². The molecule has 0 radical (unpaired) electrons. The van der Waals surface area contributed by atoms with E-state index in [0.717, 1.165) is 25.8 Å². The van der Waals surface area contributed by atoms with Crippen LogP contribution < -0.4 is 15.4 Å². The van der Waals surface area contributed by atoms with Gasteiger partial charge in [0.15, 0.2) is 17.5 Å². The fraction of sp³-hybridized carbons (Fsp3) is 0.632. The van der Waals surface area contributed by atoms with Gasteiger partial charge in [0.25, 0.3) is 0 Å². The Morgan fingerprint density at radius 2 is 2.00 bits per heavy atom. The molecule has 1 aromatic carbocycles. The molecule has 0 aliphatic heterocycles. The Morgan fingerprint density at radius 1 is 1.24 bits per heavy atom. The van der Waals surface area contributed by atoms with E-state index >= 15 is 0 Å². The van der Waals surface area contributed by atoms with Gasteiger partial charge in [-0.05, 0) is 44.7 Å². The van der Waals surface area contributed by atoms with Crippen molar-refractivity contribution in [1.82, 2.24) is 10.6 Å². The monoisotopic (exact) mass is 353 g/mol. The van der Waals surface area contributed by atoms with Crippen molar-refractivity contribution >= 4 is 5.96 Å². The minimum Gasteiger partial charge on any atom is -0.486 e. The molecular weight excluding hydrogens is 321 g/mol. The molecule has 25 heavy (non-hydrogen) atoms. The quantitative estimate of drug-likeness (QED) is 0.423. The number of aliphatic imine (C=N–C) groups is 1. The molecule has 0 heterocycles. The number of para-hydroxylation sites is 1. The summed E-state index contributed by atoms with van der Waals surface area (Å²) in [6.45, 7) is 8.16. The van der Waals surface area contributed by atoms with E-state index in [1.165, 1.54) is 6.07 Å². The Labute approximate surface area is 150 Å². The number of nitrogens with zero attached hydrogens (tertiary/aromatic N) is 1. The number of aliphatic hydroxyl groups is 1. The van der Waals surface area contributed by atoms with Gasteiger partial charge in [-0.1, -0.05) is 25.5 Å². The van der Waals surface area contributed by atoms with Crippen LogP contribution in [0, 0.1) is 11.7 Å². The number of hydrogen-bond donors (Lipinski definition) is 3. The molecule has 3 N–H and O–H groups in total. The summed E-state index contributed by atoms with van der Waals surface area (Å²) in [7, 11) is 0. The standard InChI is InChI=1S/C19H32FN3O2/c1-4-8-16(11-12-24)14-23-19(21-5-2)22-13-15(3)25-18-10-7-6-9-17(18)20/h6-7,9-10,15-16,24H,4-5,8,11-14H2,1-3H3,(H2,21,22,23). The van der Waals surface area contributed by atoms with Crippen molar-refractivity contribution < 1.29 is 14.2 Å². The van der Waals surface area contributed by atoms with E-state index in [1.807, 2.05) is 13.8 Å². The summed E-state index contributed by atoms with van der Waals surface area (Å²) < 4.78 is 19.2. The van der Waals surface area contributed by atoms with Crippen LogP contribution in [0.15, 0.2) is 29.3 Å². The Balaban J connectivity index is 2.53. The molecule has 0 aliphatic carbocycles. The number of rotatable bonds is 11. The van der Waals surface area contributed by atoms with Gasteiger partial charge in [-0.25, -0.2) is 4.39 Å². The van der Waals surface area contributed by atoms with Crippen molar-refractivity contribution in [1.29, 1.82) is 0 Å². The lowest BCUT2D eigenvalue weighted by molar-refractivity contribution is 0.214. The third-order valence-corrected chi connectivity index (χ3v) is 3.81. The molecule has 2 unspecified atom stereocenters. The van der Waals surface area contributed by atoms with E-state index in [4.69, 9.17) is 9.84 Å². The van der Waals surface area contributed by atoms with Gasteiger partial charge in [0, 0.05) is 19.7 Å². The number of hydrogen-bond acceptors (Lipinski definition) is 3. The van der Waals surface area contributed by atoms with Crippen LogP contribution in [0.3, 0.4) is 0 Å². The van der Waals surface area contributed by atoms with Gasteiger partial charge in [0.05, 0.1) is 6.54 Å². The molecule has 0 saturated carbocycles. The summed E-state index contributed by atoms with van der Waals surface area (Å²) >= 11 is 0. The van der Waals surface area contributed by atoms with Crippen LogP contribution in [-0.2, 0) is 0 Å². The molecule has 1 rings (SSSR count). The Bertz CT molecular complexity index is 505. The molecule has 0 fully saturated rings. The average molecular weight is 353 g/mol. The second-order valence-electron chi connectivity index (χ2n) is 6.13. The van der Waals surface area contributed by atoms with E-state index in [-0.39, 0.29) is 24.3 Å². The van der Waals surface area contributed by atoms with Crippen LogP contribution in [-0.4, -0.2) is 43.4 Å². The zero-order valence-corrected chi connectivity index (χ0v) is 15.6. The number of guanidine groups is 1. The first-order valence-electron chi connectivity index (χ1n) is 9.14. The average Bonchev–Trinajstić information content (AvgIpc) is 2.59. The fourth-order valence-corrected chi connectivity index (χ4v) is 2.52. The van der Waals surface area contributed by atoms with Crippen LogP contribution in [0.5, 0.6) is 5.75 Å². The van der Waals surface area contributed by atoms with Gasteiger partial charge in [-0.15, -0.1) is 0 Å². The molecule has 0 bridgehead atoms. The lowest BCUT2D eigenvalue weighted by atomic mass is 10.0. The number of benzene rings is 1. The van der Waals surface area contributed by atoms with Crippen molar-refractivity contribution in [2.24, 2.45) is 10.9 Å². The minimum atomic E-state index is -0.360. The highest BCUT2D eigenvalue weighted by Gasteiger charge is 2.10. The summed E-state index contributed by atoms with van der Waals surface area (Å²) in [6, 6.07) is 6.39. The van der Waals surface area contributed by atoms with Crippen LogP contribution >= 0.6 is 0 Å². The highest BCUT2D eigenvalue weighted by atomic mass is 19.1. The minimum absolute atomic E-state index is 0.192. The number of halogens is 1. The second kappa shape index (κ2) is 12.5. The van der Waals surface area contributed by atoms with Gasteiger partial charge >= 0.3 is 0 Å². The third kappa shape index (κ3) is 8.72. The third-order valence-electron chi connectivity index (χ3n) is 3.81. The summed E-state index contributed by atoms with van der Waals surface area (Å²) in [6.07, 6.45) is 2.70. The highest BCUT2D eigenvalue weighted by Crippen LogP contribution is 2.16. The molecule has 1 aromatic rings. The number of aliphatic hydroxyl groups excluding tert-OH is 1. The van der Waals surface area contributed by atoms with E-state index < -0.39 is 0 Å². The maximum atomic E-state index is 13.6. The van der Waals surface area contributed by atoms with Crippen LogP contribution in [0.4, 0.5) is 4.39 Å². The molecule has 5 nitrogen and oxygen atoms in total. The van der Waals surface area contributed by atoms with Crippen molar-refractivity contribution in [2.45, 2.75) is 46.1 Å². The maximum Gasteiger partial charge on any atom is 0.191 e. The lowest BCUT2D eigenvalue weighted by Crippen LogP contribution is -2.42. The first-order valence-corrected chi connectivity index (χ1v) is 9.14. The van der Waals surface area contributed by atoms with Gasteiger partial charge < -0.3 is 20.5 Å².